The van der Waals surface area contributed by atoms with Crippen LogP contribution in [0.5, 0.6) is 0 Å². The average molecular weight is 275 g/mol. The molecule has 106 valence electrons. The molecule has 0 aromatic heterocycles. The van der Waals surface area contributed by atoms with Gasteiger partial charge in [0.15, 0.2) is 0 Å². The number of benzene rings is 2. The Bertz CT molecular complexity index is 551. The van der Waals surface area contributed by atoms with Crippen molar-refractivity contribution in [3.63, 3.8) is 0 Å². The van der Waals surface area contributed by atoms with Gasteiger partial charge >= 0.3 is 0 Å². The molecule has 0 aliphatic heterocycles. The number of halogens is 2. The summed E-state index contributed by atoms with van der Waals surface area (Å²) >= 11 is 0. The van der Waals surface area contributed by atoms with Gasteiger partial charge in [-0.3, -0.25) is 0 Å². The van der Waals surface area contributed by atoms with E-state index in [0.717, 1.165) is 17.5 Å². The minimum Gasteiger partial charge on any atom is -0.307 e. The molecular weight excluding hydrogens is 256 g/mol. The van der Waals surface area contributed by atoms with Crippen LogP contribution in [0.15, 0.2) is 48.5 Å². The van der Waals surface area contributed by atoms with Crippen molar-refractivity contribution in [3.8, 4) is 0 Å². The van der Waals surface area contributed by atoms with Crippen molar-refractivity contribution in [1.29, 1.82) is 0 Å². The van der Waals surface area contributed by atoms with Crippen LogP contribution >= 0.6 is 0 Å². The van der Waals surface area contributed by atoms with Gasteiger partial charge in [-0.15, -0.1) is 0 Å². The molecule has 2 unspecified atom stereocenters. The Kier molecular flexibility index (Phi) is 4.85. The van der Waals surface area contributed by atoms with E-state index in [1.165, 1.54) is 18.2 Å². The zero-order valence-corrected chi connectivity index (χ0v) is 11.7. The number of rotatable bonds is 5. The van der Waals surface area contributed by atoms with E-state index >= 15 is 0 Å². The Morgan fingerprint density at radius 3 is 2.30 bits per heavy atom. The first-order valence-corrected chi connectivity index (χ1v) is 6.80. The molecule has 0 heterocycles. The Hall–Kier alpha value is -1.74. The fourth-order valence-electron chi connectivity index (χ4n) is 2.35. The van der Waals surface area contributed by atoms with E-state index in [2.05, 4.69) is 12.2 Å². The maximum atomic E-state index is 13.1. The van der Waals surface area contributed by atoms with Crippen LogP contribution in [0.25, 0.3) is 0 Å². The van der Waals surface area contributed by atoms with Gasteiger partial charge in [-0.05, 0) is 55.7 Å². The lowest BCUT2D eigenvalue weighted by Crippen LogP contribution is -2.30. The predicted molar refractivity (Wildman–Crippen MR) is 77.5 cm³/mol. The van der Waals surface area contributed by atoms with Crippen molar-refractivity contribution in [2.24, 2.45) is 0 Å². The number of hydrogen-bond donors (Lipinski definition) is 1. The molecule has 2 atom stereocenters. The van der Waals surface area contributed by atoms with Crippen LogP contribution in [0.1, 0.15) is 31.0 Å². The maximum Gasteiger partial charge on any atom is 0.123 e. The molecule has 0 saturated heterocycles. The molecule has 0 fully saturated rings. The van der Waals surface area contributed by atoms with Crippen molar-refractivity contribution in [3.05, 3.63) is 71.3 Å². The Labute approximate surface area is 118 Å². The highest BCUT2D eigenvalue weighted by Crippen LogP contribution is 2.15. The van der Waals surface area contributed by atoms with E-state index in [-0.39, 0.29) is 23.7 Å². The van der Waals surface area contributed by atoms with Gasteiger partial charge in [0.05, 0.1) is 0 Å². The molecule has 0 amide bonds. The van der Waals surface area contributed by atoms with E-state index in [9.17, 15) is 8.78 Å². The molecule has 0 saturated carbocycles. The smallest absolute Gasteiger partial charge is 0.123 e. The van der Waals surface area contributed by atoms with Crippen LogP contribution in [0, 0.1) is 11.6 Å². The van der Waals surface area contributed by atoms with Crippen LogP contribution in [0.2, 0.25) is 0 Å². The van der Waals surface area contributed by atoms with Gasteiger partial charge in [-0.2, -0.15) is 0 Å². The van der Waals surface area contributed by atoms with Crippen molar-refractivity contribution < 1.29 is 8.78 Å². The summed E-state index contributed by atoms with van der Waals surface area (Å²) in [7, 11) is 0. The van der Waals surface area contributed by atoms with Crippen molar-refractivity contribution >= 4 is 0 Å². The second-order valence-corrected chi connectivity index (χ2v) is 5.17. The van der Waals surface area contributed by atoms with Crippen molar-refractivity contribution in [1.82, 2.24) is 5.32 Å². The molecule has 0 aliphatic rings. The third-order valence-electron chi connectivity index (χ3n) is 3.34. The molecule has 0 bridgehead atoms. The van der Waals surface area contributed by atoms with E-state index in [0.29, 0.717) is 0 Å². The Morgan fingerprint density at radius 2 is 1.65 bits per heavy atom. The minimum atomic E-state index is -0.228. The maximum absolute atomic E-state index is 13.1. The normalized spacial score (nSPS) is 14.0. The summed E-state index contributed by atoms with van der Waals surface area (Å²) in [4.78, 5) is 0. The molecule has 2 rings (SSSR count). The molecule has 2 aromatic carbocycles. The lowest BCUT2D eigenvalue weighted by molar-refractivity contribution is 0.475. The molecule has 2 aromatic rings. The summed E-state index contributed by atoms with van der Waals surface area (Å²) in [6.07, 6.45) is 0.753. The van der Waals surface area contributed by atoms with Gasteiger partial charge < -0.3 is 5.32 Å². The molecular formula is C17H19F2N. The highest BCUT2D eigenvalue weighted by atomic mass is 19.1. The van der Waals surface area contributed by atoms with E-state index < -0.39 is 0 Å². The van der Waals surface area contributed by atoms with Crippen LogP contribution in [0.4, 0.5) is 8.78 Å². The average Bonchev–Trinajstić information content (AvgIpc) is 2.39. The minimum absolute atomic E-state index is 0.124. The van der Waals surface area contributed by atoms with E-state index in [4.69, 9.17) is 0 Å². The molecule has 0 radical (unpaired) electrons. The fourth-order valence-corrected chi connectivity index (χ4v) is 2.35. The number of nitrogens with one attached hydrogen (secondary N) is 1. The largest absolute Gasteiger partial charge is 0.307 e. The van der Waals surface area contributed by atoms with Gasteiger partial charge in [-0.25, -0.2) is 8.78 Å². The fraction of sp³-hybridized carbons (Fsp3) is 0.294. The molecule has 3 heteroatoms. The standard InChI is InChI=1S/C17H19F2N/c1-12(10-14-4-3-5-17(19)11-14)20-13(2)15-6-8-16(18)9-7-15/h3-9,11-13,20H,10H2,1-2H3. The van der Waals surface area contributed by atoms with Gasteiger partial charge in [0, 0.05) is 12.1 Å². The quantitative estimate of drug-likeness (QED) is 0.860. The van der Waals surface area contributed by atoms with Gasteiger partial charge in [0.1, 0.15) is 11.6 Å². The van der Waals surface area contributed by atoms with E-state index in [1.807, 2.05) is 13.0 Å². The highest BCUT2D eigenvalue weighted by molar-refractivity contribution is 5.20. The van der Waals surface area contributed by atoms with Gasteiger partial charge in [-0.1, -0.05) is 24.3 Å². The van der Waals surface area contributed by atoms with Crippen molar-refractivity contribution in [2.75, 3.05) is 0 Å². The first-order chi connectivity index (χ1) is 9.54. The monoisotopic (exact) mass is 275 g/mol. The third kappa shape index (κ3) is 4.14. The van der Waals surface area contributed by atoms with Gasteiger partial charge in [0.25, 0.3) is 0 Å². The van der Waals surface area contributed by atoms with Crippen molar-refractivity contribution in [2.45, 2.75) is 32.4 Å². The number of hydrogen-bond acceptors (Lipinski definition) is 1. The predicted octanol–water partition coefficient (Wildman–Crippen LogP) is 4.25. The molecule has 0 spiro atoms. The summed E-state index contributed by atoms with van der Waals surface area (Å²) in [6.45, 7) is 4.10. The molecule has 1 N–H and O–H groups in total. The van der Waals surface area contributed by atoms with Crippen LogP contribution in [-0.2, 0) is 6.42 Å². The summed E-state index contributed by atoms with van der Waals surface area (Å²) < 4.78 is 26.0. The second kappa shape index (κ2) is 6.62. The summed E-state index contributed by atoms with van der Waals surface area (Å²) in [6, 6.07) is 13.5. The Morgan fingerprint density at radius 1 is 0.950 bits per heavy atom. The second-order valence-electron chi connectivity index (χ2n) is 5.17. The molecule has 0 aliphatic carbocycles. The molecule has 20 heavy (non-hydrogen) atoms. The Balaban J connectivity index is 1.93. The third-order valence-corrected chi connectivity index (χ3v) is 3.34. The zero-order valence-electron chi connectivity index (χ0n) is 11.7. The lowest BCUT2D eigenvalue weighted by atomic mass is 10.0. The first kappa shape index (κ1) is 14.7. The SMILES string of the molecule is CC(Cc1cccc(F)c1)NC(C)c1ccc(F)cc1. The first-order valence-electron chi connectivity index (χ1n) is 6.80. The summed E-state index contributed by atoms with van der Waals surface area (Å²) in [5.74, 6) is -0.435. The van der Waals surface area contributed by atoms with E-state index in [1.54, 1.807) is 24.3 Å². The lowest BCUT2D eigenvalue weighted by Gasteiger charge is -2.20. The van der Waals surface area contributed by atoms with Crippen LogP contribution in [0.3, 0.4) is 0 Å². The van der Waals surface area contributed by atoms with Crippen LogP contribution in [-0.4, -0.2) is 6.04 Å². The summed E-state index contributed by atoms with van der Waals surface area (Å²) in [5.41, 5.74) is 2.01. The zero-order chi connectivity index (χ0) is 14.5. The summed E-state index contributed by atoms with van der Waals surface area (Å²) in [5, 5.41) is 3.44. The topological polar surface area (TPSA) is 12.0 Å². The highest BCUT2D eigenvalue weighted by Gasteiger charge is 2.10. The van der Waals surface area contributed by atoms with Gasteiger partial charge in [0.2, 0.25) is 0 Å². The van der Waals surface area contributed by atoms with Crippen LogP contribution < -0.4 is 5.32 Å². The molecule has 1 nitrogen and oxygen atoms in total.